The molecule has 1 atom stereocenters. The summed E-state index contributed by atoms with van der Waals surface area (Å²) >= 11 is 1.88. The molecule has 2 rings (SSSR count). The molecule has 76 valence electrons. The molecular weight excluding hydrogens is 200 g/mol. The third-order valence-corrected chi connectivity index (χ3v) is 3.80. The van der Waals surface area contributed by atoms with Crippen molar-refractivity contribution in [1.82, 2.24) is 9.78 Å². The van der Waals surface area contributed by atoms with Crippen molar-refractivity contribution in [3.63, 3.8) is 0 Å². The lowest BCUT2D eigenvalue weighted by atomic mass is 10.2. The van der Waals surface area contributed by atoms with Crippen molar-refractivity contribution in [2.24, 2.45) is 7.05 Å². The largest absolute Gasteiger partial charge is 0.476 e. The van der Waals surface area contributed by atoms with Gasteiger partial charge in [0.1, 0.15) is 0 Å². The summed E-state index contributed by atoms with van der Waals surface area (Å²) in [5.41, 5.74) is 1.18. The van der Waals surface area contributed by atoms with Crippen LogP contribution in [0, 0.1) is 0 Å². The lowest BCUT2D eigenvalue weighted by Gasteiger charge is -2.07. The Bertz CT molecular complexity index is 356. The second-order valence-electron chi connectivity index (χ2n) is 3.38. The van der Waals surface area contributed by atoms with Crippen molar-refractivity contribution in [2.75, 3.05) is 5.75 Å². The fourth-order valence-corrected chi connectivity index (χ4v) is 3.04. The van der Waals surface area contributed by atoms with Crippen LogP contribution in [0.15, 0.2) is 6.07 Å². The molecule has 14 heavy (non-hydrogen) atoms. The van der Waals surface area contributed by atoms with Gasteiger partial charge >= 0.3 is 5.97 Å². The molecule has 4 nitrogen and oxygen atoms in total. The second kappa shape index (κ2) is 3.65. The highest BCUT2D eigenvalue weighted by molar-refractivity contribution is 7.99. The zero-order chi connectivity index (χ0) is 10.1. The van der Waals surface area contributed by atoms with E-state index in [0.29, 0.717) is 5.25 Å². The highest BCUT2D eigenvalue weighted by atomic mass is 32.2. The first-order valence-corrected chi connectivity index (χ1v) is 5.62. The fraction of sp³-hybridized carbons (Fsp3) is 0.556. The topological polar surface area (TPSA) is 55.1 Å². The lowest BCUT2D eigenvalue weighted by molar-refractivity contribution is 0.0689. The van der Waals surface area contributed by atoms with Crippen LogP contribution < -0.4 is 0 Å². The molecule has 0 aromatic carbocycles. The predicted octanol–water partition coefficient (Wildman–Crippen LogP) is 1.69. The van der Waals surface area contributed by atoms with Gasteiger partial charge in [-0.05, 0) is 24.7 Å². The predicted molar refractivity (Wildman–Crippen MR) is 54.6 cm³/mol. The van der Waals surface area contributed by atoms with Gasteiger partial charge in [0.15, 0.2) is 5.69 Å². The summed E-state index contributed by atoms with van der Waals surface area (Å²) in [4.78, 5) is 10.7. The number of thioether (sulfide) groups is 1. The van der Waals surface area contributed by atoms with Gasteiger partial charge in [-0.1, -0.05) is 0 Å². The number of hydrogen-bond acceptors (Lipinski definition) is 3. The van der Waals surface area contributed by atoms with E-state index in [9.17, 15) is 4.79 Å². The van der Waals surface area contributed by atoms with E-state index in [-0.39, 0.29) is 5.69 Å². The van der Waals surface area contributed by atoms with Gasteiger partial charge in [-0.2, -0.15) is 16.9 Å². The second-order valence-corrected chi connectivity index (χ2v) is 4.70. The summed E-state index contributed by atoms with van der Waals surface area (Å²) in [6, 6.07) is 1.69. The molecule has 0 radical (unpaired) electrons. The molecule has 1 unspecified atom stereocenters. The Labute approximate surface area is 86.3 Å². The molecule has 2 heterocycles. The monoisotopic (exact) mass is 212 g/mol. The molecule has 1 aliphatic rings. The standard InChI is InChI=1S/C9H12N2O2S/c1-11-7(8-3-2-4-14-8)5-6(10-11)9(12)13/h5,8H,2-4H2,1H3,(H,12,13). The van der Waals surface area contributed by atoms with Crippen LogP contribution in [0.3, 0.4) is 0 Å². The van der Waals surface area contributed by atoms with E-state index in [1.165, 1.54) is 6.42 Å². The van der Waals surface area contributed by atoms with E-state index in [1.54, 1.807) is 17.8 Å². The molecule has 1 aromatic rings. The number of aromatic carboxylic acids is 1. The van der Waals surface area contributed by atoms with Crippen molar-refractivity contribution in [3.05, 3.63) is 17.5 Å². The van der Waals surface area contributed by atoms with Gasteiger partial charge in [0.25, 0.3) is 0 Å². The molecule has 1 aliphatic heterocycles. The molecule has 0 saturated carbocycles. The number of carboxylic acids is 1. The molecule has 1 fully saturated rings. The summed E-state index contributed by atoms with van der Waals surface area (Å²) in [5, 5.41) is 13.2. The SMILES string of the molecule is Cn1nc(C(=O)O)cc1C1CCCS1. The molecule has 1 N–H and O–H groups in total. The maximum atomic E-state index is 10.7. The number of aromatic nitrogens is 2. The third kappa shape index (κ3) is 1.64. The summed E-state index contributed by atoms with van der Waals surface area (Å²) in [6.45, 7) is 0. The Morgan fingerprint density at radius 2 is 2.57 bits per heavy atom. The first kappa shape index (κ1) is 9.58. The van der Waals surface area contributed by atoms with Gasteiger partial charge in [-0.15, -0.1) is 0 Å². The number of nitrogens with zero attached hydrogens (tertiary/aromatic N) is 2. The lowest BCUT2D eigenvalue weighted by Crippen LogP contribution is -2.01. The maximum absolute atomic E-state index is 10.7. The zero-order valence-electron chi connectivity index (χ0n) is 7.93. The van der Waals surface area contributed by atoms with E-state index in [1.807, 2.05) is 11.8 Å². The highest BCUT2D eigenvalue weighted by Gasteiger charge is 2.22. The van der Waals surface area contributed by atoms with Crippen LogP contribution in [0.2, 0.25) is 0 Å². The van der Waals surface area contributed by atoms with Crippen LogP contribution in [0.1, 0.15) is 34.3 Å². The Morgan fingerprint density at radius 1 is 1.79 bits per heavy atom. The van der Waals surface area contributed by atoms with E-state index < -0.39 is 5.97 Å². The van der Waals surface area contributed by atoms with E-state index >= 15 is 0 Å². The average Bonchev–Trinajstić information content (AvgIpc) is 2.71. The Balaban J connectivity index is 2.28. The summed E-state index contributed by atoms with van der Waals surface area (Å²) < 4.78 is 1.69. The van der Waals surface area contributed by atoms with Crippen LogP contribution in [0.25, 0.3) is 0 Å². The number of carbonyl (C=O) groups is 1. The van der Waals surface area contributed by atoms with Crippen molar-refractivity contribution in [3.8, 4) is 0 Å². The van der Waals surface area contributed by atoms with Gasteiger partial charge in [0, 0.05) is 12.3 Å². The minimum atomic E-state index is -0.949. The van der Waals surface area contributed by atoms with E-state index in [0.717, 1.165) is 17.9 Å². The summed E-state index contributed by atoms with van der Waals surface area (Å²) in [7, 11) is 1.81. The molecule has 0 aliphatic carbocycles. The van der Waals surface area contributed by atoms with Crippen LogP contribution >= 0.6 is 11.8 Å². The van der Waals surface area contributed by atoms with Crippen LogP contribution in [-0.2, 0) is 7.05 Å². The third-order valence-electron chi connectivity index (χ3n) is 2.39. The van der Waals surface area contributed by atoms with Crippen molar-refractivity contribution < 1.29 is 9.90 Å². The Kier molecular flexibility index (Phi) is 2.50. The molecule has 0 bridgehead atoms. The van der Waals surface area contributed by atoms with Gasteiger partial charge in [0.05, 0.1) is 5.69 Å². The minimum absolute atomic E-state index is 0.148. The number of aryl methyl sites for hydroxylation is 1. The molecule has 1 aromatic heterocycles. The van der Waals surface area contributed by atoms with Crippen LogP contribution in [-0.4, -0.2) is 26.6 Å². The summed E-state index contributed by atoms with van der Waals surface area (Å²) in [5.74, 6) is 0.216. The molecular formula is C9H12N2O2S. The first-order valence-electron chi connectivity index (χ1n) is 4.57. The average molecular weight is 212 g/mol. The number of rotatable bonds is 2. The fourth-order valence-electron chi connectivity index (χ4n) is 1.70. The highest BCUT2D eigenvalue weighted by Crippen LogP contribution is 2.39. The van der Waals surface area contributed by atoms with E-state index in [4.69, 9.17) is 5.11 Å². The minimum Gasteiger partial charge on any atom is -0.476 e. The Hall–Kier alpha value is -0.970. The normalized spacial score (nSPS) is 21.4. The van der Waals surface area contributed by atoms with Crippen LogP contribution in [0.5, 0.6) is 0 Å². The van der Waals surface area contributed by atoms with Gasteiger partial charge in [-0.25, -0.2) is 4.79 Å². The number of carboxylic acid groups (broad SMARTS) is 1. The quantitative estimate of drug-likeness (QED) is 0.810. The molecule has 1 saturated heterocycles. The molecule has 0 amide bonds. The van der Waals surface area contributed by atoms with Gasteiger partial charge in [-0.3, -0.25) is 4.68 Å². The van der Waals surface area contributed by atoms with Gasteiger partial charge < -0.3 is 5.11 Å². The Morgan fingerprint density at radius 3 is 3.07 bits per heavy atom. The van der Waals surface area contributed by atoms with Crippen molar-refractivity contribution in [2.45, 2.75) is 18.1 Å². The van der Waals surface area contributed by atoms with E-state index in [2.05, 4.69) is 5.10 Å². The molecule has 5 heteroatoms. The zero-order valence-corrected chi connectivity index (χ0v) is 8.75. The van der Waals surface area contributed by atoms with Crippen LogP contribution in [0.4, 0.5) is 0 Å². The van der Waals surface area contributed by atoms with Crippen molar-refractivity contribution >= 4 is 17.7 Å². The van der Waals surface area contributed by atoms with Crippen molar-refractivity contribution in [1.29, 1.82) is 0 Å². The first-order chi connectivity index (χ1) is 6.68. The molecule has 0 spiro atoms. The smallest absolute Gasteiger partial charge is 0.356 e. The number of hydrogen-bond donors (Lipinski definition) is 1. The van der Waals surface area contributed by atoms with Gasteiger partial charge in [0.2, 0.25) is 0 Å². The summed E-state index contributed by atoms with van der Waals surface area (Å²) in [6.07, 6.45) is 2.34. The maximum Gasteiger partial charge on any atom is 0.356 e.